The van der Waals surface area contributed by atoms with E-state index in [1.807, 2.05) is 0 Å². The molecule has 10 nitrogen and oxygen atoms in total. The van der Waals surface area contributed by atoms with Crippen molar-refractivity contribution in [1.29, 1.82) is 0 Å². The molecule has 1 rings (SSSR count). The Bertz CT molecular complexity index is 516. The molecule has 1 atom stereocenters. The molecule has 0 saturated carbocycles. The van der Waals surface area contributed by atoms with Gasteiger partial charge in [-0.15, -0.1) is 0 Å². The Hall–Kier alpha value is -1.88. The number of aliphatic carboxylic acids is 1. The summed E-state index contributed by atoms with van der Waals surface area (Å²) in [7, 11) is -4.49. The molecule has 0 aromatic heterocycles. The topological polar surface area (TPSA) is 142 Å². The van der Waals surface area contributed by atoms with Crippen LogP contribution in [0.15, 0.2) is 0 Å². The number of hydrogen-bond donors (Lipinski definition) is 3. The molecule has 11 heteroatoms. The van der Waals surface area contributed by atoms with Gasteiger partial charge in [-0.3, -0.25) is 9.59 Å². The second-order valence-corrected chi connectivity index (χ2v) is 5.89. The number of carboxylic acid groups (broad SMARTS) is 1. The predicted octanol–water partition coefficient (Wildman–Crippen LogP) is -1.75. The molecule has 1 unspecified atom stereocenters. The van der Waals surface area contributed by atoms with Crippen LogP contribution in [0.2, 0.25) is 0 Å². The smallest absolute Gasteiger partial charge is 0.422 e. The van der Waals surface area contributed by atoms with Gasteiger partial charge in [0.2, 0.25) is 5.91 Å². The Labute approximate surface area is 115 Å². The lowest BCUT2D eigenvalue weighted by Crippen LogP contribution is -2.61. The van der Waals surface area contributed by atoms with Crippen molar-refractivity contribution in [2.45, 2.75) is 26.0 Å². The summed E-state index contributed by atoms with van der Waals surface area (Å²) in [4.78, 5) is 33.5. The molecule has 0 bridgehead atoms. The Morgan fingerprint density at radius 1 is 1.50 bits per heavy atom. The number of piperazine rings is 1. The Balaban J connectivity index is 2.89. The molecule has 0 aromatic carbocycles. The van der Waals surface area contributed by atoms with E-state index in [0.717, 1.165) is 0 Å². The fraction of sp³-hybridized carbons (Fsp3) is 0.667. The normalized spacial score (nSPS) is 20.4. The van der Waals surface area contributed by atoms with Crippen molar-refractivity contribution in [2.24, 2.45) is 0 Å². The van der Waals surface area contributed by atoms with Crippen molar-refractivity contribution in [1.82, 2.24) is 14.3 Å². The summed E-state index contributed by atoms with van der Waals surface area (Å²) in [6.45, 7) is 1.96. The van der Waals surface area contributed by atoms with Crippen molar-refractivity contribution in [2.75, 3.05) is 13.1 Å². The van der Waals surface area contributed by atoms with Gasteiger partial charge in [-0.25, -0.2) is 9.52 Å². The van der Waals surface area contributed by atoms with E-state index in [1.54, 1.807) is 4.72 Å². The average Bonchev–Trinajstić information content (AvgIpc) is 2.26. The lowest BCUT2D eigenvalue weighted by atomic mass is 10.2. The number of nitrogens with zero attached hydrogens (tertiary/aromatic N) is 1. The first-order valence-electron chi connectivity index (χ1n) is 5.63. The minimum absolute atomic E-state index is 0.381. The molecule has 1 aliphatic rings. The molecular formula is C9H15N3O7S. The van der Waals surface area contributed by atoms with Gasteiger partial charge in [0.05, 0.1) is 12.6 Å². The second kappa shape index (κ2) is 6.05. The quantitative estimate of drug-likeness (QED) is 0.559. The fourth-order valence-corrected chi connectivity index (χ4v) is 2.65. The number of hydrogen-bond acceptors (Lipinski definition) is 6. The number of rotatable bonds is 4. The van der Waals surface area contributed by atoms with E-state index in [1.165, 1.54) is 13.8 Å². The number of ether oxygens (including phenoxy) is 1. The van der Waals surface area contributed by atoms with Crippen molar-refractivity contribution in [3.63, 3.8) is 0 Å². The van der Waals surface area contributed by atoms with Gasteiger partial charge in [-0.05, 0) is 13.8 Å². The molecule has 0 spiro atoms. The molecule has 0 aliphatic carbocycles. The van der Waals surface area contributed by atoms with Gasteiger partial charge < -0.3 is 15.2 Å². The number of amides is 2. The fourth-order valence-electron chi connectivity index (χ4n) is 1.49. The van der Waals surface area contributed by atoms with Crippen LogP contribution in [0.1, 0.15) is 13.8 Å². The van der Waals surface area contributed by atoms with Crippen molar-refractivity contribution in [3.8, 4) is 0 Å². The molecule has 3 N–H and O–H groups in total. The van der Waals surface area contributed by atoms with Crippen LogP contribution in [0.25, 0.3) is 0 Å². The zero-order chi connectivity index (χ0) is 15.5. The minimum Gasteiger partial charge on any atom is -0.480 e. The highest BCUT2D eigenvalue weighted by Crippen LogP contribution is 2.10. The maximum atomic E-state index is 11.9. The van der Waals surface area contributed by atoms with Crippen molar-refractivity contribution in [3.05, 3.63) is 0 Å². The zero-order valence-corrected chi connectivity index (χ0v) is 11.6. The number of carboxylic acids is 1. The number of carbonyl (C=O) groups is 3. The number of nitrogens with one attached hydrogen (secondary N) is 2. The van der Waals surface area contributed by atoms with Crippen molar-refractivity contribution < 1.29 is 32.6 Å². The van der Waals surface area contributed by atoms with E-state index in [4.69, 9.17) is 5.11 Å². The summed E-state index contributed by atoms with van der Waals surface area (Å²) in [6, 6.07) is -1.49. The first-order valence-corrected chi connectivity index (χ1v) is 7.07. The summed E-state index contributed by atoms with van der Waals surface area (Å²) in [5.74, 6) is -2.10. The van der Waals surface area contributed by atoms with Gasteiger partial charge >= 0.3 is 22.3 Å². The van der Waals surface area contributed by atoms with Crippen LogP contribution in [0.5, 0.6) is 0 Å². The Morgan fingerprint density at radius 3 is 2.60 bits per heavy atom. The molecule has 20 heavy (non-hydrogen) atoms. The maximum absolute atomic E-state index is 11.9. The largest absolute Gasteiger partial charge is 0.480 e. The molecule has 1 heterocycles. The van der Waals surface area contributed by atoms with E-state index in [-0.39, 0.29) is 6.54 Å². The van der Waals surface area contributed by atoms with Crippen LogP contribution >= 0.6 is 0 Å². The third-order valence-electron chi connectivity index (χ3n) is 2.29. The standard InChI is InChI=1S/C9H15N3O7S/c1-5(2)19-9(16)11-20(17,18)12-4-7(13)10-3-6(12)8(14)15/h5-6H,3-4H2,1-2H3,(H,10,13)(H,11,16)(H,14,15). The van der Waals surface area contributed by atoms with E-state index >= 15 is 0 Å². The van der Waals surface area contributed by atoms with Crippen LogP contribution < -0.4 is 10.0 Å². The maximum Gasteiger partial charge on any atom is 0.422 e. The Kier molecular flexibility index (Phi) is 4.89. The lowest BCUT2D eigenvalue weighted by molar-refractivity contribution is -0.143. The van der Waals surface area contributed by atoms with E-state index in [9.17, 15) is 22.8 Å². The highest BCUT2D eigenvalue weighted by Gasteiger charge is 2.40. The van der Waals surface area contributed by atoms with Gasteiger partial charge in [0.1, 0.15) is 6.04 Å². The summed E-state index contributed by atoms with van der Waals surface area (Å²) in [5.41, 5.74) is 0. The first-order chi connectivity index (χ1) is 9.13. The van der Waals surface area contributed by atoms with Gasteiger partial charge in [0.15, 0.2) is 0 Å². The summed E-state index contributed by atoms with van der Waals surface area (Å²) in [5, 5.41) is 11.2. The SMILES string of the molecule is CC(C)OC(=O)NS(=O)(=O)N1CC(=O)NCC1C(=O)O. The van der Waals surface area contributed by atoms with Gasteiger partial charge in [-0.2, -0.15) is 12.7 Å². The molecule has 1 saturated heterocycles. The highest BCUT2D eigenvalue weighted by molar-refractivity contribution is 7.87. The summed E-state index contributed by atoms with van der Waals surface area (Å²) >= 11 is 0. The van der Waals surface area contributed by atoms with Crippen LogP contribution in [0.3, 0.4) is 0 Å². The molecule has 0 radical (unpaired) electrons. The monoisotopic (exact) mass is 309 g/mol. The highest BCUT2D eigenvalue weighted by atomic mass is 32.2. The molecule has 114 valence electrons. The third-order valence-corrected chi connectivity index (χ3v) is 3.71. The molecule has 1 aliphatic heterocycles. The van der Waals surface area contributed by atoms with E-state index in [2.05, 4.69) is 10.1 Å². The van der Waals surface area contributed by atoms with E-state index < -0.39 is 46.9 Å². The van der Waals surface area contributed by atoms with Crippen LogP contribution in [-0.2, 0) is 24.5 Å². The predicted molar refractivity (Wildman–Crippen MR) is 64.8 cm³/mol. The lowest BCUT2D eigenvalue weighted by Gasteiger charge is -2.31. The zero-order valence-electron chi connectivity index (χ0n) is 10.8. The van der Waals surface area contributed by atoms with Crippen LogP contribution in [0.4, 0.5) is 4.79 Å². The molecule has 1 fully saturated rings. The second-order valence-electron chi connectivity index (χ2n) is 4.26. The van der Waals surface area contributed by atoms with E-state index in [0.29, 0.717) is 4.31 Å². The Morgan fingerprint density at radius 2 is 2.10 bits per heavy atom. The number of carbonyl (C=O) groups excluding carboxylic acids is 2. The van der Waals surface area contributed by atoms with Crippen LogP contribution in [0, 0.1) is 0 Å². The van der Waals surface area contributed by atoms with Crippen LogP contribution in [-0.4, -0.2) is 61.0 Å². The molecule has 0 aromatic rings. The molecular weight excluding hydrogens is 294 g/mol. The van der Waals surface area contributed by atoms with Gasteiger partial charge in [-0.1, -0.05) is 0 Å². The molecule has 2 amide bonds. The average molecular weight is 309 g/mol. The third kappa shape index (κ3) is 4.06. The van der Waals surface area contributed by atoms with Gasteiger partial charge in [0.25, 0.3) is 0 Å². The minimum atomic E-state index is -4.49. The van der Waals surface area contributed by atoms with Crippen molar-refractivity contribution >= 4 is 28.2 Å². The van der Waals surface area contributed by atoms with Gasteiger partial charge in [0, 0.05) is 6.54 Å². The summed E-state index contributed by atoms with van der Waals surface area (Å²) in [6.07, 6.45) is -1.79. The summed E-state index contributed by atoms with van der Waals surface area (Å²) < 4.78 is 30.4. The first kappa shape index (κ1) is 16.2.